The van der Waals surface area contributed by atoms with Crippen molar-refractivity contribution in [1.29, 1.82) is 0 Å². The third-order valence-electron chi connectivity index (χ3n) is 8.48. The number of fused-ring (bicyclic) bond motifs is 2. The molecule has 5 aromatic rings. The molecule has 1 aliphatic carbocycles. The number of imidazole rings is 1. The van der Waals surface area contributed by atoms with Gasteiger partial charge in [-0.15, -0.1) is 0 Å². The van der Waals surface area contributed by atoms with Gasteiger partial charge in [-0.2, -0.15) is 0 Å². The maximum absolute atomic E-state index is 12.1. The molecule has 208 valence electrons. The highest BCUT2D eigenvalue weighted by atomic mass is 16.6. The molecule has 9 heteroatoms. The summed E-state index contributed by atoms with van der Waals surface area (Å²) in [6.45, 7) is 5.41. The number of amides is 1. The molecule has 7 rings (SSSR count). The van der Waals surface area contributed by atoms with Crippen LogP contribution < -0.4 is 5.73 Å². The number of aromatic nitrogens is 4. The fraction of sp³-hybridized carbons (Fsp3) is 0.312. The van der Waals surface area contributed by atoms with Crippen molar-refractivity contribution in [2.45, 2.75) is 31.7 Å². The highest BCUT2D eigenvalue weighted by Crippen LogP contribution is 2.42. The number of anilines is 1. The second-order valence-electron chi connectivity index (χ2n) is 10.9. The van der Waals surface area contributed by atoms with Crippen LogP contribution in [-0.4, -0.2) is 74.1 Å². The number of carbonyl (C=O) groups is 1. The smallest absolute Gasteiger partial charge is 0.409 e. The lowest BCUT2D eigenvalue weighted by Crippen LogP contribution is -2.55. The molecule has 0 atom stereocenters. The molecule has 0 bridgehead atoms. The van der Waals surface area contributed by atoms with E-state index in [2.05, 4.69) is 56.7 Å². The fourth-order valence-electron chi connectivity index (χ4n) is 6.19. The molecule has 0 radical (unpaired) electrons. The number of hydrogen-bond donors (Lipinski definition) is 1. The number of hydrogen-bond acceptors (Lipinski definition) is 7. The van der Waals surface area contributed by atoms with Crippen molar-refractivity contribution in [2.75, 3.05) is 38.5 Å². The number of nitrogen functional groups attached to an aromatic ring is 1. The van der Waals surface area contributed by atoms with E-state index < -0.39 is 0 Å². The minimum Gasteiger partial charge on any atom is -0.450 e. The van der Waals surface area contributed by atoms with Crippen LogP contribution in [0.15, 0.2) is 73.1 Å². The quantitative estimate of drug-likeness (QED) is 0.322. The number of nitrogens with zero attached hydrogens (tertiary/aromatic N) is 6. The lowest BCUT2D eigenvalue weighted by atomic mass is 9.78. The highest BCUT2D eigenvalue weighted by Gasteiger charge is 2.39. The monoisotopic (exact) mass is 547 g/mol. The van der Waals surface area contributed by atoms with Gasteiger partial charge in [0.05, 0.1) is 17.8 Å². The lowest BCUT2D eigenvalue weighted by molar-refractivity contribution is 0.0401. The van der Waals surface area contributed by atoms with E-state index in [4.69, 9.17) is 20.4 Å². The van der Waals surface area contributed by atoms with E-state index >= 15 is 0 Å². The van der Waals surface area contributed by atoms with Crippen LogP contribution in [0.2, 0.25) is 0 Å². The summed E-state index contributed by atoms with van der Waals surface area (Å²) in [6, 6.07) is 21.2. The molecule has 1 amide bonds. The molecule has 2 aromatic carbocycles. The molecule has 1 saturated carbocycles. The molecule has 4 heterocycles. The Balaban J connectivity index is 1.15. The molecule has 3 aromatic heterocycles. The maximum atomic E-state index is 12.1. The third-order valence-corrected chi connectivity index (χ3v) is 8.48. The van der Waals surface area contributed by atoms with E-state index in [-0.39, 0.29) is 6.09 Å². The van der Waals surface area contributed by atoms with Gasteiger partial charge >= 0.3 is 6.09 Å². The third kappa shape index (κ3) is 4.66. The molecular formula is C32H33N7O2. The largest absolute Gasteiger partial charge is 0.450 e. The summed E-state index contributed by atoms with van der Waals surface area (Å²) in [7, 11) is 0. The fourth-order valence-corrected chi connectivity index (χ4v) is 6.19. The predicted molar refractivity (Wildman–Crippen MR) is 160 cm³/mol. The van der Waals surface area contributed by atoms with Crippen LogP contribution in [-0.2, 0) is 4.74 Å². The topological polar surface area (TPSA) is 102 Å². The Kier molecular flexibility index (Phi) is 6.51. The second-order valence-corrected chi connectivity index (χ2v) is 10.9. The molecule has 1 aliphatic heterocycles. The Hall–Kier alpha value is -4.50. The van der Waals surface area contributed by atoms with Crippen molar-refractivity contribution < 1.29 is 9.53 Å². The van der Waals surface area contributed by atoms with Crippen LogP contribution in [0, 0.1) is 0 Å². The molecule has 2 aliphatic rings. The summed E-state index contributed by atoms with van der Waals surface area (Å²) < 4.78 is 7.29. The average molecular weight is 548 g/mol. The first-order valence-corrected chi connectivity index (χ1v) is 14.3. The van der Waals surface area contributed by atoms with E-state index in [1.54, 1.807) is 6.20 Å². The van der Waals surface area contributed by atoms with Gasteiger partial charge in [0.15, 0.2) is 0 Å². The minimum absolute atomic E-state index is 0.207. The second kappa shape index (κ2) is 10.5. The zero-order chi connectivity index (χ0) is 27.9. The van der Waals surface area contributed by atoms with Crippen molar-refractivity contribution in [3.8, 4) is 22.5 Å². The van der Waals surface area contributed by atoms with Crippen molar-refractivity contribution in [2.24, 2.45) is 0 Å². The predicted octanol–water partition coefficient (Wildman–Crippen LogP) is 5.21. The minimum atomic E-state index is -0.207. The Morgan fingerprint density at radius 3 is 2.54 bits per heavy atom. The lowest BCUT2D eigenvalue weighted by Gasteiger charge is -2.45. The van der Waals surface area contributed by atoms with Crippen molar-refractivity contribution in [3.63, 3.8) is 0 Å². The number of carbonyl (C=O) groups excluding carboxylic acids is 1. The zero-order valence-electron chi connectivity index (χ0n) is 23.1. The number of nitrogens with two attached hydrogens (primary N) is 1. The molecule has 0 spiro atoms. The highest BCUT2D eigenvalue weighted by molar-refractivity contribution is 5.91. The van der Waals surface area contributed by atoms with Crippen LogP contribution in [0.3, 0.4) is 0 Å². The summed E-state index contributed by atoms with van der Waals surface area (Å²) in [5.74, 6) is 1.82. The number of ether oxygens (including phenoxy) is 1. The number of rotatable bonds is 5. The van der Waals surface area contributed by atoms with Crippen LogP contribution >= 0.6 is 0 Å². The zero-order valence-corrected chi connectivity index (χ0v) is 23.1. The first kappa shape index (κ1) is 25.5. The van der Waals surface area contributed by atoms with E-state index in [1.165, 1.54) is 0 Å². The first-order chi connectivity index (χ1) is 20.1. The molecular weight excluding hydrogens is 514 g/mol. The molecule has 41 heavy (non-hydrogen) atoms. The maximum Gasteiger partial charge on any atom is 0.409 e. The Labute approximate surface area is 238 Å². The van der Waals surface area contributed by atoms with Gasteiger partial charge in [0.1, 0.15) is 22.9 Å². The summed E-state index contributed by atoms with van der Waals surface area (Å²) in [5, 5.41) is 1.08. The first-order valence-electron chi connectivity index (χ1n) is 14.3. The molecule has 9 nitrogen and oxygen atoms in total. The molecule has 2 N–H and O–H groups in total. The van der Waals surface area contributed by atoms with Crippen molar-refractivity contribution >= 4 is 28.3 Å². The number of piperazine rings is 1. The van der Waals surface area contributed by atoms with E-state index in [1.807, 2.05) is 36.2 Å². The Bertz CT molecular complexity index is 1720. The average Bonchev–Trinajstić information content (AvgIpc) is 3.37. The Morgan fingerprint density at radius 2 is 1.76 bits per heavy atom. The van der Waals surface area contributed by atoms with Gasteiger partial charge in [0, 0.05) is 67.0 Å². The molecule has 2 fully saturated rings. The van der Waals surface area contributed by atoms with Crippen molar-refractivity contribution in [3.05, 3.63) is 78.9 Å². The van der Waals surface area contributed by atoms with Gasteiger partial charge in [-0.3, -0.25) is 9.30 Å². The van der Waals surface area contributed by atoms with Gasteiger partial charge in [-0.25, -0.2) is 19.7 Å². The van der Waals surface area contributed by atoms with E-state index in [9.17, 15) is 4.79 Å². The summed E-state index contributed by atoms with van der Waals surface area (Å²) in [4.78, 5) is 30.9. The number of benzene rings is 2. The van der Waals surface area contributed by atoms with Gasteiger partial charge < -0.3 is 15.4 Å². The molecule has 0 unspecified atom stereocenters. The van der Waals surface area contributed by atoms with Crippen molar-refractivity contribution in [1.82, 2.24) is 29.2 Å². The van der Waals surface area contributed by atoms with Gasteiger partial charge in [-0.05, 0) is 31.9 Å². The summed E-state index contributed by atoms with van der Waals surface area (Å²) >= 11 is 0. The van der Waals surface area contributed by atoms with Crippen LogP contribution in [0.4, 0.5) is 10.6 Å². The van der Waals surface area contributed by atoms with Crippen LogP contribution in [0.1, 0.15) is 31.5 Å². The number of pyridine rings is 1. The summed E-state index contributed by atoms with van der Waals surface area (Å²) in [5.41, 5.74) is 12.0. The van der Waals surface area contributed by atoms with Gasteiger partial charge in [-0.1, -0.05) is 48.5 Å². The summed E-state index contributed by atoms with van der Waals surface area (Å²) in [6.07, 6.45) is 5.56. The van der Waals surface area contributed by atoms with Gasteiger partial charge in [0.25, 0.3) is 0 Å². The SMILES string of the molecule is CCOC(=O)N1CCN([C@H]2C[C@@H](c3nc(-c4ccc5ccc(-c6ccccc6)nc5c4)c4c(N)nccn43)C2)CC1. The van der Waals surface area contributed by atoms with Crippen LogP contribution in [0.25, 0.3) is 38.9 Å². The van der Waals surface area contributed by atoms with Crippen LogP contribution in [0.5, 0.6) is 0 Å². The van der Waals surface area contributed by atoms with E-state index in [0.717, 1.165) is 70.7 Å². The van der Waals surface area contributed by atoms with E-state index in [0.29, 0.717) is 37.5 Å². The standard InChI is InChI=1S/C32H33N7O2/c1-2-41-32(40)38-16-14-37(15-17-38)25-18-24(19-25)31-36-28(29-30(33)34-12-13-39(29)31)23-9-8-22-10-11-26(35-27(22)20-23)21-6-4-3-5-7-21/h3-13,20,24-25H,2,14-19H2,1H3,(H2,33,34)/t24-,25+. The molecule has 1 saturated heterocycles. The van der Waals surface area contributed by atoms with Gasteiger partial charge in [0.2, 0.25) is 0 Å². The Morgan fingerprint density at radius 1 is 0.976 bits per heavy atom. The normalized spacial score (nSPS) is 19.4.